The van der Waals surface area contributed by atoms with Crippen molar-refractivity contribution in [3.8, 4) is 11.8 Å². The van der Waals surface area contributed by atoms with Crippen molar-refractivity contribution in [1.29, 1.82) is 5.26 Å². The van der Waals surface area contributed by atoms with Gasteiger partial charge in [0, 0.05) is 7.05 Å². The maximum Gasteiger partial charge on any atom is 0.151 e. The van der Waals surface area contributed by atoms with Crippen molar-refractivity contribution in [3.05, 3.63) is 23.8 Å². The van der Waals surface area contributed by atoms with E-state index in [0.717, 1.165) is 11.4 Å². The molecule has 1 heterocycles. The molecule has 1 atom stereocenters. The molecule has 1 aromatic carbocycles. The molecule has 1 aromatic rings. The molecule has 1 aliphatic heterocycles. The molecule has 0 amide bonds. The lowest BCUT2D eigenvalue weighted by Crippen LogP contribution is -2.39. The highest BCUT2D eigenvalue weighted by atomic mass is 16.5. The second kappa shape index (κ2) is 4.05. The highest BCUT2D eigenvalue weighted by Gasteiger charge is 2.24. The molecular formula is C13H16N2O. The Labute approximate surface area is 96.2 Å². The molecule has 84 valence electrons. The van der Waals surface area contributed by atoms with Gasteiger partial charge in [-0.25, -0.2) is 0 Å². The van der Waals surface area contributed by atoms with Gasteiger partial charge in [0.1, 0.15) is 12.4 Å². The number of hydrogen-bond donors (Lipinski definition) is 0. The van der Waals surface area contributed by atoms with Crippen molar-refractivity contribution >= 4 is 5.69 Å². The molecule has 0 radical (unpaired) electrons. The van der Waals surface area contributed by atoms with Gasteiger partial charge in [0.05, 0.1) is 11.8 Å². The molecule has 0 bridgehead atoms. The maximum absolute atomic E-state index is 8.99. The Balaban J connectivity index is 2.41. The van der Waals surface area contributed by atoms with E-state index in [1.807, 2.05) is 18.0 Å². The third kappa shape index (κ3) is 1.71. The third-order valence-corrected chi connectivity index (χ3v) is 3.04. The van der Waals surface area contributed by atoms with Crippen LogP contribution in [-0.4, -0.2) is 19.7 Å². The standard InChI is InChI=1S/C13H16N2O/c1-9(2)10-4-5-13-12(6-10)15(3)11(7-14)8-16-13/h4-6,9,11H,8H2,1-3H3. The quantitative estimate of drug-likeness (QED) is 0.723. The average Bonchev–Trinajstić information content (AvgIpc) is 2.29. The van der Waals surface area contributed by atoms with Gasteiger partial charge < -0.3 is 9.64 Å². The molecule has 1 unspecified atom stereocenters. The van der Waals surface area contributed by atoms with Gasteiger partial charge in [-0.15, -0.1) is 0 Å². The molecule has 0 saturated carbocycles. The number of rotatable bonds is 1. The predicted molar refractivity (Wildman–Crippen MR) is 63.8 cm³/mol. The molecule has 16 heavy (non-hydrogen) atoms. The van der Waals surface area contributed by atoms with Crippen LogP contribution in [0.5, 0.6) is 5.75 Å². The number of benzene rings is 1. The molecule has 3 nitrogen and oxygen atoms in total. The van der Waals surface area contributed by atoms with E-state index in [2.05, 4.69) is 32.0 Å². The minimum atomic E-state index is -0.185. The fourth-order valence-corrected chi connectivity index (χ4v) is 1.86. The minimum absolute atomic E-state index is 0.185. The van der Waals surface area contributed by atoms with E-state index in [1.54, 1.807) is 0 Å². The second-order valence-corrected chi connectivity index (χ2v) is 4.45. The summed E-state index contributed by atoms with van der Waals surface area (Å²) in [6, 6.07) is 8.26. The van der Waals surface area contributed by atoms with E-state index in [1.165, 1.54) is 5.56 Å². The zero-order chi connectivity index (χ0) is 11.7. The molecule has 0 saturated heterocycles. The van der Waals surface area contributed by atoms with Gasteiger partial charge in [0.15, 0.2) is 6.04 Å². The van der Waals surface area contributed by atoms with Crippen molar-refractivity contribution in [2.45, 2.75) is 25.8 Å². The molecular weight excluding hydrogens is 200 g/mol. The van der Waals surface area contributed by atoms with Crippen LogP contribution in [0.15, 0.2) is 18.2 Å². The summed E-state index contributed by atoms with van der Waals surface area (Å²) in [6.07, 6.45) is 0. The zero-order valence-electron chi connectivity index (χ0n) is 9.90. The fourth-order valence-electron chi connectivity index (χ4n) is 1.86. The topological polar surface area (TPSA) is 36.3 Å². The second-order valence-electron chi connectivity index (χ2n) is 4.45. The largest absolute Gasteiger partial charge is 0.488 e. The summed E-state index contributed by atoms with van der Waals surface area (Å²) in [5, 5.41) is 8.99. The molecule has 0 spiro atoms. The van der Waals surface area contributed by atoms with Crippen LogP contribution in [-0.2, 0) is 0 Å². The number of nitriles is 1. The van der Waals surface area contributed by atoms with Gasteiger partial charge in [0.25, 0.3) is 0 Å². The van der Waals surface area contributed by atoms with E-state index >= 15 is 0 Å². The van der Waals surface area contributed by atoms with Crippen LogP contribution >= 0.6 is 0 Å². The van der Waals surface area contributed by atoms with Gasteiger partial charge in [-0.05, 0) is 23.6 Å². The summed E-state index contributed by atoms with van der Waals surface area (Å²) < 4.78 is 5.57. The van der Waals surface area contributed by atoms with Gasteiger partial charge in [-0.1, -0.05) is 19.9 Å². The third-order valence-electron chi connectivity index (χ3n) is 3.04. The van der Waals surface area contributed by atoms with Crippen molar-refractivity contribution in [1.82, 2.24) is 0 Å². The first kappa shape index (κ1) is 10.8. The van der Waals surface area contributed by atoms with Crippen LogP contribution in [0.25, 0.3) is 0 Å². The molecule has 2 rings (SSSR count). The normalized spacial score (nSPS) is 18.9. The van der Waals surface area contributed by atoms with Crippen LogP contribution in [0.4, 0.5) is 5.69 Å². The molecule has 0 aromatic heterocycles. The number of fused-ring (bicyclic) bond motifs is 1. The zero-order valence-corrected chi connectivity index (χ0v) is 9.90. The predicted octanol–water partition coefficient (Wildman–Crippen LogP) is 2.53. The summed E-state index contributed by atoms with van der Waals surface area (Å²) in [7, 11) is 1.94. The first-order valence-corrected chi connectivity index (χ1v) is 5.52. The molecule has 0 aliphatic carbocycles. The molecule has 0 fully saturated rings. The van der Waals surface area contributed by atoms with Gasteiger partial charge >= 0.3 is 0 Å². The van der Waals surface area contributed by atoms with Crippen LogP contribution in [0.3, 0.4) is 0 Å². The smallest absolute Gasteiger partial charge is 0.151 e. The Morgan fingerprint density at radius 3 is 2.88 bits per heavy atom. The Hall–Kier alpha value is -1.69. The molecule has 3 heteroatoms. The lowest BCUT2D eigenvalue weighted by atomic mass is 10.0. The van der Waals surface area contributed by atoms with E-state index in [9.17, 15) is 0 Å². The Morgan fingerprint density at radius 2 is 2.25 bits per heavy atom. The number of hydrogen-bond acceptors (Lipinski definition) is 3. The average molecular weight is 216 g/mol. The van der Waals surface area contributed by atoms with E-state index in [-0.39, 0.29) is 6.04 Å². The first-order valence-electron chi connectivity index (χ1n) is 5.52. The Kier molecular flexibility index (Phi) is 2.74. The number of ether oxygens (including phenoxy) is 1. The highest BCUT2D eigenvalue weighted by molar-refractivity contribution is 5.62. The van der Waals surface area contributed by atoms with Gasteiger partial charge in [-0.3, -0.25) is 0 Å². The van der Waals surface area contributed by atoms with E-state index < -0.39 is 0 Å². The van der Waals surface area contributed by atoms with Crippen LogP contribution in [0.1, 0.15) is 25.3 Å². The van der Waals surface area contributed by atoms with Gasteiger partial charge in [-0.2, -0.15) is 5.26 Å². The number of anilines is 1. The summed E-state index contributed by atoms with van der Waals surface area (Å²) in [5.41, 5.74) is 2.29. The summed E-state index contributed by atoms with van der Waals surface area (Å²) >= 11 is 0. The highest BCUT2D eigenvalue weighted by Crippen LogP contribution is 2.35. The lowest BCUT2D eigenvalue weighted by molar-refractivity contribution is 0.289. The monoisotopic (exact) mass is 216 g/mol. The number of likely N-dealkylation sites (N-methyl/N-ethyl adjacent to an activating group) is 1. The molecule has 0 N–H and O–H groups in total. The summed E-state index contributed by atoms with van der Waals surface area (Å²) in [5.74, 6) is 1.36. The van der Waals surface area contributed by atoms with E-state index in [4.69, 9.17) is 10.00 Å². The Morgan fingerprint density at radius 1 is 1.50 bits per heavy atom. The lowest BCUT2D eigenvalue weighted by Gasteiger charge is -2.32. The summed E-state index contributed by atoms with van der Waals surface area (Å²) in [6.45, 7) is 4.77. The van der Waals surface area contributed by atoms with Gasteiger partial charge in [0.2, 0.25) is 0 Å². The Bertz CT molecular complexity index is 434. The van der Waals surface area contributed by atoms with Crippen molar-refractivity contribution in [3.63, 3.8) is 0 Å². The number of nitrogens with zero attached hydrogens (tertiary/aromatic N) is 2. The summed E-state index contributed by atoms with van der Waals surface area (Å²) in [4.78, 5) is 1.99. The van der Waals surface area contributed by atoms with Crippen molar-refractivity contribution in [2.75, 3.05) is 18.6 Å². The molecule has 1 aliphatic rings. The first-order chi connectivity index (χ1) is 7.63. The van der Waals surface area contributed by atoms with Crippen molar-refractivity contribution < 1.29 is 4.74 Å². The van der Waals surface area contributed by atoms with Crippen LogP contribution in [0.2, 0.25) is 0 Å². The fraction of sp³-hybridized carbons (Fsp3) is 0.462. The SMILES string of the molecule is CC(C)c1ccc2c(c1)N(C)C(C#N)CO2. The van der Waals surface area contributed by atoms with E-state index in [0.29, 0.717) is 12.5 Å². The maximum atomic E-state index is 8.99. The van der Waals surface area contributed by atoms with Crippen LogP contribution < -0.4 is 9.64 Å². The van der Waals surface area contributed by atoms with Crippen LogP contribution in [0, 0.1) is 11.3 Å². The minimum Gasteiger partial charge on any atom is -0.488 e. The van der Waals surface area contributed by atoms with Crippen molar-refractivity contribution in [2.24, 2.45) is 0 Å².